The Kier molecular flexibility index (Phi) is 4.29. The molecule has 100 valence electrons. The van der Waals surface area contributed by atoms with Crippen molar-refractivity contribution >= 4 is 40.7 Å². The number of anilines is 3. The van der Waals surface area contributed by atoms with Gasteiger partial charge in [0.1, 0.15) is 10.8 Å². The molecule has 0 aliphatic heterocycles. The molecule has 0 bridgehead atoms. The quantitative estimate of drug-likeness (QED) is 0.903. The van der Waals surface area contributed by atoms with Crippen LogP contribution in [-0.4, -0.2) is 24.1 Å². The molecule has 1 aromatic heterocycles. The summed E-state index contributed by atoms with van der Waals surface area (Å²) in [4.78, 5) is 8.22. The molecule has 1 heterocycles. The molecule has 0 fully saturated rings. The summed E-state index contributed by atoms with van der Waals surface area (Å²) in [6.45, 7) is 0. The first kappa shape index (κ1) is 13.7. The number of halogens is 2. The SMILES string of the molecule is CNc1ncc(Cl)c(Nc2ccc(OC)c(Cl)c2)n1. The highest BCUT2D eigenvalue weighted by atomic mass is 35.5. The molecule has 0 amide bonds. The van der Waals surface area contributed by atoms with Gasteiger partial charge in [0.15, 0.2) is 5.82 Å². The minimum atomic E-state index is 0.422. The standard InChI is InChI=1S/C12H12Cl2N4O/c1-15-12-16-6-9(14)11(18-12)17-7-3-4-10(19-2)8(13)5-7/h3-6H,1-2H3,(H2,15,16,17,18). The number of hydrogen-bond donors (Lipinski definition) is 2. The first-order chi connectivity index (χ1) is 9.13. The van der Waals surface area contributed by atoms with E-state index in [1.807, 2.05) is 6.07 Å². The molecular formula is C12H12Cl2N4O. The zero-order valence-electron chi connectivity index (χ0n) is 10.4. The molecule has 7 heteroatoms. The molecule has 0 spiro atoms. The van der Waals surface area contributed by atoms with Crippen molar-refractivity contribution in [3.63, 3.8) is 0 Å². The van der Waals surface area contributed by atoms with Crippen molar-refractivity contribution in [1.29, 1.82) is 0 Å². The van der Waals surface area contributed by atoms with Crippen LogP contribution in [0, 0.1) is 0 Å². The van der Waals surface area contributed by atoms with Gasteiger partial charge in [-0.15, -0.1) is 0 Å². The molecule has 0 atom stereocenters. The molecule has 0 unspecified atom stereocenters. The predicted octanol–water partition coefficient (Wildman–Crippen LogP) is 3.58. The van der Waals surface area contributed by atoms with Gasteiger partial charge in [0.05, 0.1) is 18.3 Å². The zero-order valence-corrected chi connectivity index (χ0v) is 11.9. The van der Waals surface area contributed by atoms with Gasteiger partial charge in [-0.1, -0.05) is 23.2 Å². The summed E-state index contributed by atoms with van der Waals surface area (Å²) in [7, 11) is 3.30. The van der Waals surface area contributed by atoms with Crippen LogP contribution in [0.4, 0.5) is 17.5 Å². The van der Waals surface area contributed by atoms with Crippen LogP contribution in [-0.2, 0) is 0 Å². The normalized spacial score (nSPS) is 10.1. The maximum absolute atomic E-state index is 6.05. The fraction of sp³-hybridized carbons (Fsp3) is 0.167. The van der Waals surface area contributed by atoms with Crippen molar-refractivity contribution in [1.82, 2.24) is 9.97 Å². The Morgan fingerprint density at radius 3 is 2.63 bits per heavy atom. The van der Waals surface area contributed by atoms with Crippen LogP contribution in [0.1, 0.15) is 0 Å². The van der Waals surface area contributed by atoms with Crippen molar-refractivity contribution in [3.05, 3.63) is 34.4 Å². The third-order valence-corrected chi connectivity index (χ3v) is 2.95. The minimum Gasteiger partial charge on any atom is -0.495 e. The van der Waals surface area contributed by atoms with E-state index in [0.29, 0.717) is 27.6 Å². The first-order valence-corrected chi connectivity index (χ1v) is 6.20. The van der Waals surface area contributed by atoms with E-state index >= 15 is 0 Å². The fourth-order valence-electron chi connectivity index (χ4n) is 1.46. The maximum Gasteiger partial charge on any atom is 0.224 e. The van der Waals surface area contributed by atoms with E-state index in [9.17, 15) is 0 Å². The lowest BCUT2D eigenvalue weighted by Gasteiger charge is -2.10. The van der Waals surface area contributed by atoms with E-state index in [0.717, 1.165) is 5.69 Å². The number of rotatable bonds is 4. The molecule has 0 saturated carbocycles. The third-order valence-electron chi connectivity index (χ3n) is 2.38. The topological polar surface area (TPSA) is 59.1 Å². The highest BCUT2D eigenvalue weighted by Crippen LogP contribution is 2.30. The zero-order chi connectivity index (χ0) is 13.8. The lowest BCUT2D eigenvalue weighted by Crippen LogP contribution is -2.01. The summed E-state index contributed by atoms with van der Waals surface area (Å²) < 4.78 is 5.09. The van der Waals surface area contributed by atoms with Gasteiger partial charge in [0, 0.05) is 12.7 Å². The molecule has 1 aromatic carbocycles. The molecule has 19 heavy (non-hydrogen) atoms. The molecule has 2 N–H and O–H groups in total. The Labute approximate surface area is 120 Å². The summed E-state index contributed by atoms with van der Waals surface area (Å²) in [5.41, 5.74) is 0.758. The van der Waals surface area contributed by atoms with E-state index in [1.54, 1.807) is 26.3 Å². The second kappa shape index (κ2) is 5.95. The fourth-order valence-corrected chi connectivity index (χ4v) is 1.85. The molecular weight excluding hydrogens is 287 g/mol. The molecule has 2 aromatic rings. The number of methoxy groups -OCH3 is 1. The average molecular weight is 299 g/mol. The van der Waals surface area contributed by atoms with Crippen LogP contribution in [0.5, 0.6) is 5.75 Å². The van der Waals surface area contributed by atoms with Crippen LogP contribution in [0.15, 0.2) is 24.4 Å². The monoisotopic (exact) mass is 298 g/mol. The highest BCUT2D eigenvalue weighted by molar-refractivity contribution is 6.33. The largest absolute Gasteiger partial charge is 0.495 e. The number of aromatic nitrogens is 2. The summed E-state index contributed by atoms with van der Waals surface area (Å²) in [6, 6.07) is 5.32. The van der Waals surface area contributed by atoms with Gasteiger partial charge in [-0.3, -0.25) is 0 Å². The maximum atomic E-state index is 6.05. The van der Waals surface area contributed by atoms with Crippen LogP contribution in [0.3, 0.4) is 0 Å². The van der Waals surface area contributed by atoms with Crippen molar-refractivity contribution in [2.24, 2.45) is 0 Å². The van der Waals surface area contributed by atoms with E-state index in [-0.39, 0.29) is 0 Å². The lowest BCUT2D eigenvalue weighted by molar-refractivity contribution is 0.415. The molecule has 5 nitrogen and oxygen atoms in total. The third kappa shape index (κ3) is 3.19. The number of ether oxygens (including phenoxy) is 1. The Morgan fingerprint density at radius 1 is 1.21 bits per heavy atom. The van der Waals surface area contributed by atoms with Crippen LogP contribution in [0.2, 0.25) is 10.0 Å². The molecule has 0 saturated heterocycles. The van der Waals surface area contributed by atoms with Crippen LogP contribution in [0.25, 0.3) is 0 Å². The van der Waals surface area contributed by atoms with Gasteiger partial charge >= 0.3 is 0 Å². The second-order valence-corrected chi connectivity index (χ2v) is 4.43. The predicted molar refractivity (Wildman–Crippen MR) is 77.9 cm³/mol. The van der Waals surface area contributed by atoms with Gasteiger partial charge < -0.3 is 15.4 Å². The molecule has 0 aliphatic carbocycles. The van der Waals surface area contributed by atoms with Crippen molar-refractivity contribution in [3.8, 4) is 5.75 Å². The minimum absolute atomic E-state index is 0.422. The van der Waals surface area contributed by atoms with Gasteiger partial charge in [-0.05, 0) is 18.2 Å². The average Bonchev–Trinajstić information content (AvgIpc) is 2.41. The second-order valence-electron chi connectivity index (χ2n) is 3.61. The smallest absolute Gasteiger partial charge is 0.224 e. The highest BCUT2D eigenvalue weighted by Gasteiger charge is 2.07. The molecule has 0 radical (unpaired) electrons. The summed E-state index contributed by atoms with van der Waals surface area (Å²) in [5.74, 6) is 1.59. The van der Waals surface area contributed by atoms with Gasteiger partial charge in [0.25, 0.3) is 0 Å². The number of nitrogens with one attached hydrogen (secondary N) is 2. The number of benzene rings is 1. The van der Waals surface area contributed by atoms with E-state index in [4.69, 9.17) is 27.9 Å². The van der Waals surface area contributed by atoms with E-state index in [2.05, 4.69) is 20.6 Å². The first-order valence-electron chi connectivity index (χ1n) is 5.45. The van der Waals surface area contributed by atoms with E-state index < -0.39 is 0 Å². The molecule has 0 aliphatic rings. The van der Waals surface area contributed by atoms with Crippen molar-refractivity contribution in [2.75, 3.05) is 24.8 Å². The van der Waals surface area contributed by atoms with Gasteiger partial charge in [-0.25, -0.2) is 4.98 Å². The van der Waals surface area contributed by atoms with Crippen LogP contribution < -0.4 is 15.4 Å². The van der Waals surface area contributed by atoms with Crippen molar-refractivity contribution in [2.45, 2.75) is 0 Å². The Balaban J connectivity index is 2.28. The summed E-state index contributed by atoms with van der Waals surface area (Å²) in [5, 5.41) is 6.85. The van der Waals surface area contributed by atoms with Crippen molar-refractivity contribution < 1.29 is 4.74 Å². The summed E-state index contributed by atoms with van der Waals surface area (Å²) in [6.07, 6.45) is 1.52. The van der Waals surface area contributed by atoms with Gasteiger partial charge in [-0.2, -0.15) is 4.98 Å². The van der Waals surface area contributed by atoms with Gasteiger partial charge in [0.2, 0.25) is 5.95 Å². The van der Waals surface area contributed by atoms with E-state index in [1.165, 1.54) is 6.20 Å². The number of nitrogens with zero attached hydrogens (tertiary/aromatic N) is 2. The number of hydrogen-bond acceptors (Lipinski definition) is 5. The Bertz CT molecular complexity index is 592. The molecule has 2 rings (SSSR count). The lowest BCUT2D eigenvalue weighted by atomic mass is 10.3. The summed E-state index contributed by atoms with van der Waals surface area (Å²) >= 11 is 12.1. The van der Waals surface area contributed by atoms with Crippen LogP contribution >= 0.6 is 23.2 Å². The Hall–Kier alpha value is -1.72. The Morgan fingerprint density at radius 2 is 2.00 bits per heavy atom.